The Balaban J connectivity index is 1.96. The summed E-state index contributed by atoms with van der Waals surface area (Å²) >= 11 is 0. The smallest absolute Gasteiger partial charge is 0.258 e. The molecule has 1 amide bonds. The third-order valence-electron chi connectivity index (χ3n) is 3.77. The molecule has 0 aromatic heterocycles. The Morgan fingerprint density at radius 1 is 1.15 bits per heavy atom. The van der Waals surface area contributed by atoms with E-state index in [2.05, 4.69) is 0 Å². The highest BCUT2D eigenvalue weighted by atomic mass is 16.2. The summed E-state index contributed by atoms with van der Waals surface area (Å²) in [5, 5.41) is 0. The van der Waals surface area contributed by atoms with Crippen molar-refractivity contribution in [1.29, 1.82) is 0 Å². The fourth-order valence-corrected chi connectivity index (χ4v) is 2.68. The van der Waals surface area contributed by atoms with Crippen molar-refractivity contribution in [2.75, 3.05) is 17.2 Å². The maximum Gasteiger partial charge on any atom is 0.258 e. The average Bonchev–Trinajstić information content (AvgIpc) is 2.46. The lowest BCUT2D eigenvalue weighted by Crippen LogP contribution is -2.35. The SMILES string of the molecule is Cc1ccc(C(=O)N2CCCc3cc(N)ccc32)cc1. The first kappa shape index (κ1) is 12.7. The molecule has 0 aliphatic carbocycles. The van der Waals surface area contributed by atoms with Gasteiger partial charge in [-0.25, -0.2) is 0 Å². The molecule has 0 radical (unpaired) electrons. The summed E-state index contributed by atoms with van der Waals surface area (Å²) in [4.78, 5) is 14.5. The number of fused-ring (bicyclic) bond motifs is 1. The van der Waals surface area contributed by atoms with Gasteiger partial charge in [-0.2, -0.15) is 0 Å². The van der Waals surface area contributed by atoms with E-state index in [0.29, 0.717) is 0 Å². The van der Waals surface area contributed by atoms with Crippen molar-refractivity contribution in [1.82, 2.24) is 0 Å². The van der Waals surface area contributed by atoms with E-state index in [4.69, 9.17) is 5.73 Å². The normalized spacial score (nSPS) is 13.9. The molecule has 0 fully saturated rings. The molecule has 20 heavy (non-hydrogen) atoms. The number of benzene rings is 2. The molecule has 3 nitrogen and oxygen atoms in total. The molecule has 0 saturated heterocycles. The predicted molar refractivity (Wildman–Crippen MR) is 82.0 cm³/mol. The van der Waals surface area contributed by atoms with Crippen LogP contribution in [0.2, 0.25) is 0 Å². The van der Waals surface area contributed by atoms with Crippen LogP contribution in [0.25, 0.3) is 0 Å². The number of nitrogens with two attached hydrogens (primary N) is 1. The standard InChI is InChI=1S/C17H18N2O/c1-12-4-6-13(7-5-12)17(20)19-10-2-3-14-11-15(18)8-9-16(14)19/h4-9,11H,2-3,10,18H2,1H3. The Morgan fingerprint density at radius 3 is 2.65 bits per heavy atom. The Bertz CT molecular complexity index is 647. The number of hydrogen-bond acceptors (Lipinski definition) is 2. The molecule has 2 aromatic rings. The van der Waals surface area contributed by atoms with Crippen LogP contribution in [0.1, 0.15) is 27.9 Å². The van der Waals surface area contributed by atoms with E-state index in [9.17, 15) is 4.79 Å². The maximum absolute atomic E-state index is 12.7. The van der Waals surface area contributed by atoms with E-state index in [1.54, 1.807) is 0 Å². The Morgan fingerprint density at radius 2 is 1.90 bits per heavy atom. The van der Waals surface area contributed by atoms with Crippen LogP contribution in [0.15, 0.2) is 42.5 Å². The monoisotopic (exact) mass is 266 g/mol. The van der Waals surface area contributed by atoms with Gasteiger partial charge in [0.15, 0.2) is 0 Å². The van der Waals surface area contributed by atoms with E-state index >= 15 is 0 Å². The highest BCUT2D eigenvalue weighted by Crippen LogP contribution is 2.30. The molecule has 3 heteroatoms. The third kappa shape index (κ3) is 2.27. The van der Waals surface area contributed by atoms with Gasteiger partial charge in [0.25, 0.3) is 5.91 Å². The van der Waals surface area contributed by atoms with Crippen LogP contribution in [0, 0.1) is 6.92 Å². The molecule has 1 aliphatic rings. The van der Waals surface area contributed by atoms with Gasteiger partial charge in [0, 0.05) is 23.5 Å². The van der Waals surface area contributed by atoms with Gasteiger partial charge in [0.2, 0.25) is 0 Å². The fourth-order valence-electron chi connectivity index (χ4n) is 2.68. The van der Waals surface area contributed by atoms with E-state index in [1.807, 2.05) is 54.3 Å². The van der Waals surface area contributed by atoms with Gasteiger partial charge in [-0.15, -0.1) is 0 Å². The number of amides is 1. The molecule has 0 atom stereocenters. The summed E-state index contributed by atoms with van der Waals surface area (Å²) in [6, 6.07) is 13.5. The summed E-state index contributed by atoms with van der Waals surface area (Å²) in [6.45, 7) is 2.79. The molecule has 0 spiro atoms. The fraction of sp³-hybridized carbons (Fsp3) is 0.235. The first-order valence-corrected chi connectivity index (χ1v) is 6.92. The lowest BCUT2D eigenvalue weighted by Gasteiger charge is -2.29. The number of rotatable bonds is 1. The maximum atomic E-state index is 12.7. The van der Waals surface area contributed by atoms with Crippen LogP contribution >= 0.6 is 0 Å². The zero-order chi connectivity index (χ0) is 14.1. The topological polar surface area (TPSA) is 46.3 Å². The average molecular weight is 266 g/mol. The summed E-state index contributed by atoms with van der Waals surface area (Å²) < 4.78 is 0. The lowest BCUT2D eigenvalue weighted by molar-refractivity contribution is 0.0985. The molecule has 2 aromatic carbocycles. The molecule has 1 aliphatic heterocycles. The minimum atomic E-state index is 0.0655. The largest absolute Gasteiger partial charge is 0.399 e. The minimum Gasteiger partial charge on any atom is -0.399 e. The zero-order valence-electron chi connectivity index (χ0n) is 11.6. The second-order valence-electron chi connectivity index (χ2n) is 5.31. The lowest BCUT2D eigenvalue weighted by atomic mass is 10.00. The number of nitrogen functional groups attached to an aromatic ring is 1. The molecular formula is C17H18N2O. The molecule has 102 valence electrons. The van der Waals surface area contributed by atoms with Crippen molar-refractivity contribution >= 4 is 17.3 Å². The number of nitrogens with zero attached hydrogens (tertiary/aromatic N) is 1. The van der Waals surface area contributed by atoms with Gasteiger partial charge in [-0.05, 0) is 55.7 Å². The van der Waals surface area contributed by atoms with Crippen molar-refractivity contribution in [3.8, 4) is 0 Å². The van der Waals surface area contributed by atoms with Crippen LogP contribution in [0.3, 0.4) is 0 Å². The number of aryl methyl sites for hydroxylation is 2. The molecule has 1 heterocycles. The number of anilines is 2. The van der Waals surface area contributed by atoms with Crippen molar-refractivity contribution in [3.63, 3.8) is 0 Å². The van der Waals surface area contributed by atoms with Crippen molar-refractivity contribution in [2.24, 2.45) is 0 Å². The van der Waals surface area contributed by atoms with Crippen molar-refractivity contribution in [2.45, 2.75) is 19.8 Å². The van der Waals surface area contributed by atoms with Gasteiger partial charge in [-0.1, -0.05) is 17.7 Å². The van der Waals surface area contributed by atoms with Gasteiger partial charge < -0.3 is 10.6 Å². The summed E-state index contributed by atoms with van der Waals surface area (Å²) in [6.07, 6.45) is 1.96. The highest BCUT2D eigenvalue weighted by molar-refractivity contribution is 6.06. The highest BCUT2D eigenvalue weighted by Gasteiger charge is 2.23. The third-order valence-corrected chi connectivity index (χ3v) is 3.77. The van der Waals surface area contributed by atoms with E-state index in [1.165, 1.54) is 0 Å². The second-order valence-corrected chi connectivity index (χ2v) is 5.31. The van der Waals surface area contributed by atoms with Crippen LogP contribution in [0.5, 0.6) is 0 Å². The summed E-state index contributed by atoms with van der Waals surface area (Å²) in [5.74, 6) is 0.0655. The Hall–Kier alpha value is -2.29. The minimum absolute atomic E-state index is 0.0655. The number of carbonyl (C=O) groups is 1. The molecule has 2 N–H and O–H groups in total. The van der Waals surface area contributed by atoms with Gasteiger partial charge in [-0.3, -0.25) is 4.79 Å². The summed E-state index contributed by atoms with van der Waals surface area (Å²) in [7, 11) is 0. The second kappa shape index (κ2) is 5.00. The quantitative estimate of drug-likeness (QED) is 0.806. The van der Waals surface area contributed by atoms with Crippen molar-refractivity contribution < 1.29 is 4.79 Å². The molecular weight excluding hydrogens is 248 g/mol. The van der Waals surface area contributed by atoms with Crippen LogP contribution < -0.4 is 10.6 Å². The molecule has 0 saturated carbocycles. The first-order chi connectivity index (χ1) is 9.65. The van der Waals surface area contributed by atoms with Gasteiger partial charge in [0.1, 0.15) is 0 Å². The van der Waals surface area contributed by atoms with Crippen LogP contribution in [-0.4, -0.2) is 12.5 Å². The van der Waals surface area contributed by atoms with Crippen LogP contribution in [-0.2, 0) is 6.42 Å². The van der Waals surface area contributed by atoms with Crippen LogP contribution in [0.4, 0.5) is 11.4 Å². The van der Waals surface area contributed by atoms with Gasteiger partial charge in [0.05, 0.1) is 0 Å². The summed E-state index contributed by atoms with van der Waals surface area (Å²) in [5.41, 5.74) is 10.6. The number of hydrogen-bond donors (Lipinski definition) is 1. The van der Waals surface area contributed by atoms with E-state index in [0.717, 1.165) is 47.5 Å². The predicted octanol–water partition coefficient (Wildman–Crippen LogP) is 3.17. The van der Waals surface area contributed by atoms with Gasteiger partial charge >= 0.3 is 0 Å². The van der Waals surface area contributed by atoms with E-state index in [-0.39, 0.29) is 5.91 Å². The van der Waals surface area contributed by atoms with E-state index < -0.39 is 0 Å². The Labute approximate surface area is 119 Å². The number of carbonyl (C=O) groups excluding carboxylic acids is 1. The van der Waals surface area contributed by atoms with Crippen molar-refractivity contribution in [3.05, 3.63) is 59.2 Å². The molecule has 0 unspecified atom stereocenters. The zero-order valence-corrected chi connectivity index (χ0v) is 11.6. The first-order valence-electron chi connectivity index (χ1n) is 6.92. The molecule has 3 rings (SSSR count). The Kier molecular flexibility index (Phi) is 3.18. The molecule has 0 bridgehead atoms.